The van der Waals surface area contributed by atoms with Crippen LogP contribution >= 0.6 is 0 Å². The summed E-state index contributed by atoms with van der Waals surface area (Å²) in [5.41, 5.74) is 2.52. The fourth-order valence-electron chi connectivity index (χ4n) is 3.34. The normalized spacial score (nSPS) is 17.0. The maximum atomic E-state index is 13.7. The Morgan fingerprint density at radius 3 is 2.69 bits per heavy atom. The molecule has 2 aromatic rings. The Bertz CT molecular complexity index is 761. The number of nitrogens with one attached hydrogen (secondary N) is 1. The number of carbonyl (C=O) groups is 1. The molecule has 0 bridgehead atoms. The number of nitrogens with zero attached hydrogens (tertiary/aromatic N) is 1. The molecule has 0 spiro atoms. The summed E-state index contributed by atoms with van der Waals surface area (Å²) in [5.74, 6) is 0.0116. The Morgan fingerprint density at radius 2 is 2.04 bits per heavy atom. The van der Waals surface area contributed by atoms with Crippen molar-refractivity contribution in [3.8, 4) is 5.75 Å². The standard InChI is InChI=1S/C21H25FN2O2/c1-15-4-3-11-24(14-15)18-8-5-16(6-9-18)13-23-21(25)17-7-10-20(26-2)19(22)12-17/h5-10,12,15H,3-4,11,13-14H2,1-2H3,(H,23,25)/t15-/m0/s1. The molecule has 0 unspecified atom stereocenters. The molecule has 0 aromatic heterocycles. The van der Waals surface area contributed by atoms with Crippen LogP contribution in [0.2, 0.25) is 0 Å². The first kappa shape index (κ1) is 18.2. The molecule has 1 amide bonds. The predicted octanol–water partition coefficient (Wildman–Crippen LogP) is 4.00. The van der Waals surface area contributed by atoms with Crippen LogP contribution in [-0.2, 0) is 6.54 Å². The minimum Gasteiger partial charge on any atom is -0.494 e. The van der Waals surface area contributed by atoms with Gasteiger partial charge in [-0.3, -0.25) is 4.79 Å². The van der Waals surface area contributed by atoms with Crippen LogP contribution in [0.4, 0.5) is 10.1 Å². The molecule has 0 aliphatic carbocycles. The lowest BCUT2D eigenvalue weighted by atomic mass is 9.99. The summed E-state index contributed by atoms with van der Waals surface area (Å²) < 4.78 is 18.6. The molecular formula is C21H25FN2O2. The van der Waals surface area contributed by atoms with Gasteiger partial charge in [-0.25, -0.2) is 4.39 Å². The summed E-state index contributed by atoms with van der Waals surface area (Å²) in [6.07, 6.45) is 2.53. The molecule has 1 atom stereocenters. The van der Waals surface area contributed by atoms with Crippen molar-refractivity contribution in [2.45, 2.75) is 26.3 Å². The third-order valence-electron chi connectivity index (χ3n) is 4.83. The zero-order valence-corrected chi connectivity index (χ0v) is 15.3. The van der Waals surface area contributed by atoms with Crippen LogP contribution in [0.5, 0.6) is 5.75 Å². The van der Waals surface area contributed by atoms with Crippen molar-refractivity contribution >= 4 is 11.6 Å². The highest BCUT2D eigenvalue weighted by atomic mass is 19.1. The topological polar surface area (TPSA) is 41.6 Å². The third-order valence-corrected chi connectivity index (χ3v) is 4.83. The predicted molar refractivity (Wildman–Crippen MR) is 101 cm³/mol. The number of benzene rings is 2. The van der Waals surface area contributed by atoms with Crippen LogP contribution in [0.1, 0.15) is 35.7 Å². The number of hydrogen-bond acceptors (Lipinski definition) is 3. The van der Waals surface area contributed by atoms with Crippen molar-refractivity contribution < 1.29 is 13.9 Å². The fourth-order valence-corrected chi connectivity index (χ4v) is 3.34. The SMILES string of the molecule is COc1ccc(C(=O)NCc2ccc(N3CCC[C@H](C)C3)cc2)cc1F. The summed E-state index contributed by atoms with van der Waals surface area (Å²) in [4.78, 5) is 14.6. The molecule has 1 N–H and O–H groups in total. The Kier molecular flexibility index (Phi) is 5.76. The average Bonchev–Trinajstić information content (AvgIpc) is 2.66. The van der Waals surface area contributed by atoms with Gasteiger partial charge in [0, 0.05) is 30.9 Å². The molecule has 1 aliphatic rings. The van der Waals surface area contributed by atoms with Gasteiger partial charge in [0.15, 0.2) is 11.6 Å². The molecule has 1 heterocycles. The van der Waals surface area contributed by atoms with E-state index in [1.807, 2.05) is 12.1 Å². The van der Waals surface area contributed by atoms with Crippen molar-refractivity contribution in [2.24, 2.45) is 5.92 Å². The first-order valence-electron chi connectivity index (χ1n) is 9.02. The van der Waals surface area contributed by atoms with E-state index in [1.54, 1.807) is 6.07 Å². The van der Waals surface area contributed by atoms with Gasteiger partial charge in [-0.2, -0.15) is 0 Å². The number of rotatable bonds is 5. The molecule has 1 fully saturated rings. The molecule has 0 saturated carbocycles. The molecule has 4 nitrogen and oxygen atoms in total. The molecule has 2 aromatic carbocycles. The van der Waals surface area contributed by atoms with Gasteiger partial charge in [-0.15, -0.1) is 0 Å². The zero-order valence-electron chi connectivity index (χ0n) is 15.3. The number of amides is 1. The van der Waals surface area contributed by atoms with Gasteiger partial charge >= 0.3 is 0 Å². The highest BCUT2D eigenvalue weighted by molar-refractivity contribution is 5.94. The summed E-state index contributed by atoms with van der Waals surface area (Å²) >= 11 is 0. The Hall–Kier alpha value is -2.56. The second kappa shape index (κ2) is 8.21. The Balaban J connectivity index is 1.57. The van der Waals surface area contributed by atoms with E-state index in [0.717, 1.165) is 24.6 Å². The van der Waals surface area contributed by atoms with Gasteiger partial charge in [0.25, 0.3) is 5.91 Å². The van der Waals surface area contributed by atoms with E-state index in [1.165, 1.54) is 37.8 Å². The lowest BCUT2D eigenvalue weighted by Gasteiger charge is -2.32. The number of methoxy groups -OCH3 is 1. The van der Waals surface area contributed by atoms with Crippen LogP contribution < -0.4 is 15.0 Å². The van der Waals surface area contributed by atoms with Crippen molar-refractivity contribution in [2.75, 3.05) is 25.1 Å². The third kappa shape index (κ3) is 4.34. The molecule has 5 heteroatoms. The van der Waals surface area contributed by atoms with Gasteiger partial charge in [0.05, 0.1) is 7.11 Å². The Labute approximate surface area is 154 Å². The van der Waals surface area contributed by atoms with E-state index < -0.39 is 5.82 Å². The number of anilines is 1. The zero-order chi connectivity index (χ0) is 18.5. The summed E-state index contributed by atoms with van der Waals surface area (Å²) in [6, 6.07) is 12.5. The van der Waals surface area contributed by atoms with E-state index in [2.05, 4.69) is 29.3 Å². The number of carbonyl (C=O) groups excluding carboxylic acids is 1. The number of halogens is 1. The van der Waals surface area contributed by atoms with Crippen LogP contribution in [0, 0.1) is 11.7 Å². The minimum atomic E-state index is -0.541. The molecular weight excluding hydrogens is 331 g/mol. The minimum absolute atomic E-state index is 0.129. The molecule has 1 aliphatic heterocycles. The van der Waals surface area contributed by atoms with E-state index in [4.69, 9.17) is 4.74 Å². The summed E-state index contributed by atoms with van der Waals surface area (Å²) in [5, 5.41) is 2.83. The van der Waals surface area contributed by atoms with Crippen molar-refractivity contribution in [3.63, 3.8) is 0 Å². The Morgan fingerprint density at radius 1 is 1.27 bits per heavy atom. The molecule has 1 saturated heterocycles. The first-order chi connectivity index (χ1) is 12.6. The number of ether oxygens (including phenoxy) is 1. The van der Waals surface area contributed by atoms with Gasteiger partial charge in [0.2, 0.25) is 0 Å². The van der Waals surface area contributed by atoms with Gasteiger partial charge in [-0.1, -0.05) is 19.1 Å². The van der Waals surface area contributed by atoms with Crippen LogP contribution in [0.15, 0.2) is 42.5 Å². The van der Waals surface area contributed by atoms with Gasteiger partial charge < -0.3 is 15.0 Å². The highest BCUT2D eigenvalue weighted by Crippen LogP contribution is 2.23. The fraction of sp³-hybridized carbons (Fsp3) is 0.381. The summed E-state index contributed by atoms with van der Waals surface area (Å²) in [6.45, 7) is 4.89. The van der Waals surface area contributed by atoms with E-state index >= 15 is 0 Å². The number of piperidine rings is 1. The lowest BCUT2D eigenvalue weighted by molar-refractivity contribution is 0.0950. The van der Waals surface area contributed by atoms with Crippen molar-refractivity contribution in [1.29, 1.82) is 0 Å². The van der Waals surface area contributed by atoms with Gasteiger partial charge in [0.1, 0.15) is 0 Å². The quantitative estimate of drug-likeness (QED) is 0.880. The molecule has 138 valence electrons. The monoisotopic (exact) mass is 356 g/mol. The van der Waals surface area contributed by atoms with E-state index in [0.29, 0.717) is 6.54 Å². The van der Waals surface area contributed by atoms with Crippen molar-refractivity contribution in [1.82, 2.24) is 5.32 Å². The van der Waals surface area contributed by atoms with Crippen LogP contribution in [0.3, 0.4) is 0 Å². The van der Waals surface area contributed by atoms with E-state index in [9.17, 15) is 9.18 Å². The highest BCUT2D eigenvalue weighted by Gasteiger charge is 2.16. The first-order valence-corrected chi connectivity index (χ1v) is 9.02. The molecule has 0 radical (unpaired) electrons. The van der Waals surface area contributed by atoms with Gasteiger partial charge in [-0.05, 0) is 54.7 Å². The largest absolute Gasteiger partial charge is 0.494 e. The maximum absolute atomic E-state index is 13.7. The van der Waals surface area contributed by atoms with E-state index in [-0.39, 0.29) is 17.2 Å². The molecule has 3 rings (SSSR count). The van der Waals surface area contributed by atoms with Crippen molar-refractivity contribution in [3.05, 3.63) is 59.4 Å². The average molecular weight is 356 g/mol. The second-order valence-corrected chi connectivity index (χ2v) is 6.89. The maximum Gasteiger partial charge on any atom is 0.251 e. The van der Waals surface area contributed by atoms with Crippen LogP contribution in [-0.4, -0.2) is 26.1 Å². The summed E-state index contributed by atoms with van der Waals surface area (Å²) in [7, 11) is 1.40. The smallest absolute Gasteiger partial charge is 0.251 e. The second-order valence-electron chi connectivity index (χ2n) is 6.89. The molecule has 26 heavy (non-hydrogen) atoms. The number of hydrogen-bond donors (Lipinski definition) is 1. The van der Waals surface area contributed by atoms with Crippen LogP contribution in [0.25, 0.3) is 0 Å². The lowest BCUT2D eigenvalue weighted by Crippen LogP contribution is -2.34.